The number of aromatic nitrogens is 1. The zero-order valence-electron chi connectivity index (χ0n) is 9.73. The van der Waals surface area contributed by atoms with E-state index in [1.54, 1.807) is 12.1 Å². The largest absolute Gasteiger partial charge is 0.390 e. The van der Waals surface area contributed by atoms with E-state index >= 15 is 0 Å². The molecule has 16 heavy (non-hydrogen) atoms. The quantitative estimate of drug-likeness (QED) is 0.790. The number of nitrogens with zero attached hydrogens (tertiary/aromatic N) is 1. The molecular formula is C12H18N2O2. The third-order valence-corrected chi connectivity index (χ3v) is 2.25. The van der Waals surface area contributed by atoms with E-state index in [0.29, 0.717) is 23.7 Å². The number of pyridine rings is 1. The van der Waals surface area contributed by atoms with Crippen LogP contribution >= 0.6 is 0 Å². The standard InChI is InChI=1S/C12H18N2O2/c1-9(2)3-5-14-12(16)10-4-6-13-11(7-10)8-15/h4,6-7,9,15H,3,5,8H2,1-2H3,(H,14,16). The average Bonchev–Trinajstić information content (AvgIpc) is 2.28. The van der Waals surface area contributed by atoms with Gasteiger partial charge in [-0.2, -0.15) is 0 Å². The molecule has 88 valence electrons. The minimum atomic E-state index is -0.146. The molecule has 0 saturated heterocycles. The molecule has 0 saturated carbocycles. The summed E-state index contributed by atoms with van der Waals surface area (Å²) < 4.78 is 0. The molecule has 1 rings (SSSR count). The Hall–Kier alpha value is -1.42. The molecule has 1 heterocycles. The van der Waals surface area contributed by atoms with Crippen molar-refractivity contribution in [2.24, 2.45) is 5.92 Å². The van der Waals surface area contributed by atoms with E-state index in [1.165, 1.54) is 6.20 Å². The highest BCUT2D eigenvalue weighted by molar-refractivity contribution is 5.94. The molecule has 4 nitrogen and oxygen atoms in total. The lowest BCUT2D eigenvalue weighted by Crippen LogP contribution is -2.25. The molecule has 0 bridgehead atoms. The van der Waals surface area contributed by atoms with Gasteiger partial charge in [0.05, 0.1) is 12.3 Å². The zero-order chi connectivity index (χ0) is 12.0. The summed E-state index contributed by atoms with van der Waals surface area (Å²) in [4.78, 5) is 15.6. The van der Waals surface area contributed by atoms with Crippen molar-refractivity contribution in [3.05, 3.63) is 29.6 Å². The van der Waals surface area contributed by atoms with Crippen molar-refractivity contribution < 1.29 is 9.90 Å². The molecular weight excluding hydrogens is 204 g/mol. The number of rotatable bonds is 5. The van der Waals surface area contributed by atoms with Crippen molar-refractivity contribution in [3.63, 3.8) is 0 Å². The third-order valence-electron chi connectivity index (χ3n) is 2.25. The van der Waals surface area contributed by atoms with Crippen molar-refractivity contribution >= 4 is 5.91 Å². The van der Waals surface area contributed by atoms with Gasteiger partial charge in [-0.3, -0.25) is 9.78 Å². The Balaban J connectivity index is 2.52. The van der Waals surface area contributed by atoms with E-state index in [9.17, 15) is 4.79 Å². The normalized spacial score (nSPS) is 10.5. The minimum absolute atomic E-state index is 0.113. The molecule has 0 fully saturated rings. The topological polar surface area (TPSA) is 62.2 Å². The van der Waals surface area contributed by atoms with E-state index < -0.39 is 0 Å². The summed E-state index contributed by atoms with van der Waals surface area (Å²) >= 11 is 0. The van der Waals surface area contributed by atoms with Gasteiger partial charge < -0.3 is 10.4 Å². The number of aliphatic hydroxyl groups is 1. The van der Waals surface area contributed by atoms with Gasteiger partial charge in [-0.25, -0.2) is 0 Å². The Morgan fingerprint density at radius 2 is 2.31 bits per heavy atom. The number of nitrogens with one attached hydrogen (secondary N) is 1. The summed E-state index contributed by atoms with van der Waals surface area (Å²) in [5, 5.41) is 11.7. The maximum atomic E-state index is 11.7. The van der Waals surface area contributed by atoms with E-state index in [1.807, 2.05) is 0 Å². The zero-order valence-corrected chi connectivity index (χ0v) is 9.73. The fourth-order valence-corrected chi connectivity index (χ4v) is 1.28. The molecule has 0 aromatic carbocycles. The molecule has 0 radical (unpaired) electrons. The second-order valence-corrected chi connectivity index (χ2v) is 4.13. The highest BCUT2D eigenvalue weighted by Crippen LogP contribution is 2.02. The second kappa shape index (κ2) is 6.23. The molecule has 1 aromatic heterocycles. The summed E-state index contributed by atoms with van der Waals surface area (Å²) in [6.45, 7) is 4.76. The van der Waals surface area contributed by atoms with Crippen molar-refractivity contribution in [2.75, 3.05) is 6.54 Å². The summed E-state index contributed by atoms with van der Waals surface area (Å²) in [7, 11) is 0. The van der Waals surface area contributed by atoms with Crippen LogP contribution in [0.2, 0.25) is 0 Å². The molecule has 0 spiro atoms. The Labute approximate surface area is 95.7 Å². The van der Waals surface area contributed by atoms with Crippen LogP contribution in [0.4, 0.5) is 0 Å². The maximum absolute atomic E-state index is 11.7. The molecule has 0 aliphatic rings. The maximum Gasteiger partial charge on any atom is 0.251 e. The SMILES string of the molecule is CC(C)CCNC(=O)c1ccnc(CO)c1. The number of carbonyl (C=O) groups is 1. The number of carbonyl (C=O) groups excluding carboxylic acids is 1. The first-order valence-corrected chi connectivity index (χ1v) is 5.47. The molecule has 1 aromatic rings. The number of aliphatic hydroxyl groups excluding tert-OH is 1. The van der Waals surface area contributed by atoms with Crippen LogP contribution in [0, 0.1) is 5.92 Å². The first-order valence-electron chi connectivity index (χ1n) is 5.47. The summed E-state index contributed by atoms with van der Waals surface area (Å²) in [5.41, 5.74) is 1.05. The van der Waals surface area contributed by atoms with Gasteiger partial charge in [0.15, 0.2) is 0 Å². The monoisotopic (exact) mass is 222 g/mol. The highest BCUT2D eigenvalue weighted by Gasteiger charge is 2.06. The third kappa shape index (κ3) is 3.98. The molecule has 0 aliphatic heterocycles. The molecule has 0 atom stereocenters. The Bertz CT molecular complexity index is 351. The van der Waals surface area contributed by atoms with Crippen molar-refractivity contribution in [2.45, 2.75) is 26.9 Å². The van der Waals surface area contributed by atoms with Crippen LogP contribution in [0.5, 0.6) is 0 Å². The van der Waals surface area contributed by atoms with Gasteiger partial charge in [-0.1, -0.05) is 13.8 Å². The predicted molar refractivity (Wildman–Crippen MR) is 61.9 cm³/mol. The molecule has 1 amide bonds. The highest BCUT2D eigenvalue weighted by atomic mass is 16.3. The summed E-state index contributed by atoms with van der Waals surface area (Å²) in [5.74, 6) is 0.462. The van der Waals surface area contributed by atoms with Gasteiger partial charge >= 0.3 is 0 Å². The lowest BCUT2D eigenvalue weighted by molar-refractivity contribution is 0.0951. The number of hydrogen-bond acceptors (Lipinski definition) is 3. The van der Waals surface area contributed by atoms with Crippen LogP contribution in [0.1, 0.15) is 36.3 Å². The molecule has 2 N–H and O–H groups in total. The molecule has 0 aliphatic carbocycles. The van der Waals surface area contributed by atoms with Crippen LogP contribution in [-0.4, -0.2) is 22.5 Å². The second-order valence-electron chi connectivity index (χ2n) is 4.13. The summed E-state index contributed by atoms with van der Waals surface area (Å²) in [6.07, 6.45) is 2.49. The smallest absolute Gasteiger partial charge is 0.251 e. The van der Waals surface area contributed by atoms with Crippen molar-refractivity contribution in [1.29, 1.82) is 0 Å². The van der Waals surface area contributed by atoms with E-state index in [4.69, 9.17) is 5.11 Å². The Kier molecular flexibility index (Phi) is 4.92. The fourth-order valence-electron chi connectivity index (χ4n) is 1.28. The fraction of sp³-hybridized carbons (Fsp3) is 0.500. The van der Waals surface area contributed by atoms with Crippen molar-refractivity contribution in [1.82, 2.24) is 10.3 Å². The van der Waals surface area contributed by atoms with Crippen LogP contribution in [0.25, 0.3) is 0 Å². The van der Waals surface area contributed by atoms with Crippen LogP contribution < -0.4 is 5.32 Å². The minimum Gasteiger partial charge on any atom is -0.390 e. The Morgan fingerprint density at radius 3 is 2.94 bits per heavy atom. The van der Waals surface area contributed by atoms with Crippen LogP contribution in [-0.2, 0) is 6.61 Å². The van der Waals surface area contributed by atoms with Gasteiger partial charge in [-0.05, 0) is 24.5 Å². The van der Waals surface area contributed by atoms with Gasteiger partial charge in [0, 0.05) is 18.3 Å². The Morgan fingerprint density at radius 1 is 1.56 bits per heavy atom. The lowest BCUT2D eigenvalue weighted by atomic mass is 10.1. The first-order chi connectivity index (χ1) is 7.63. The van der Waals surface area contributed by atoms with E-state index in [-0.39, 0.29) is 12.5 Å². The first kappa shape index (κ1) is 12.6. The molecule has 4 heteroatoms. The lowest BCUT2D eigenvalue weighted by Gasteiger charge is -2.07. The molecule has 0 unspecified atom stereocenters. The van der Waals surface area contributed by atoms with Gasteiger partial charge in [0.2, 0.25) is 0 Å². The predicted octanol–water partition coefficient (Wildman–Crippen LogP) is 1.35. The van der Waals surface area contributed by atoms with E-state index in [2.05, 4.69) is 24.1 Å². The van der Waals surface area contributed by atoms with E-state index in [0.717, 1.165) is 6.42 Å². The van der Waals surface area contributed by atoms with Crippen molar-refractivity contribution in [3.8, 4) is 0 Å². The van der Waals surface area contributed by atoms with Crippen LogP contribution in [0.15, 0.2) is 18.3 Å². The number of hydrogen-bond donors (Lipinski definition) is 2. The van der Waals surface area contributed by atoms with Crippen LogP contribution in [0.3, 0.4) is 0 Å². The summed E-state index contributed by atoms with van der Waals surface area (Å²) in [6, 6.07) is 3.24. The van der Waals surface area contributed by atoms with Gasteiger partial charge in [0.1, 0.15) is 0 Å². The average molecular weight is 222 g/mol. The van der Waals surface area contributed by atoms with Gasteiger partial charge in [0.25, 0.3) is 5.91 Å². The van der Waals surface area contributed by atoms with Gasteiger partial charge in [-0.15, -0.1) is 0 Å². The number of amides is 1.